The van der Waals surface area contributed by atoms with E-state index in [1.807, 2.05) is 12.1 Å². The van der Waals surface area contributed by atoms with Gasteiger partial charge in [-0.1, -0.05) is 25.7 Å². The highest BCUT2D eigenvalue weighted by molar-refractivity contribution is 6.87. The molecular formula is C10H16O2Si. The van der Waals surface area contributed by atoms with E-state index >= 15 is 0 Å². The highest BCUT2D eigenvalue weighted by atomic mass is 28.3. The molecule has 0 atom stereocenters. The van der Waals surface area contributed by atoms with Gasteiger partial charge >= 0.3 is 0 Å². The van der Waals surface area contributed by atoms with Crippen molar-refractivity contribution in [1.82, 2.24) is 0 Å². The lowest BCUT2D eigenvalue weighted by Gasteiger charge is -2.10. The molecule has 0 aliphatic rings. The van der Waals surface area contributed by atoms with Gasteiger partial charge in [0, 0.05) is 0 Å². The van der Waals surface area contributed by atoms with E-state index in [9.17, 15) is 0 Å². The molecule has 1 N–H and O–H groups in total. The molecule has 1 heterocycles. The number of furan rings is 1. The SMILES string of the molecule is C[Si](C)(C)c1ccc(/C=C/CO)o1. The first kappa shape index (κ1) is 10.3. The molecule has 0 unspecified atom stereocenters. The van der Waals surface area contributed by atoms with Crippen LogP contribution in [0.3, 0.4) is 0 Å². The summed E-state index contributed by atoms with van der Waals surface area (Å²) in [6.45, 7) is 6.78. The molecule has 13 heavy (non-hydrogen) atoms. The lowest BCUT2D eigenvalue weighted by Crippen LogP contribution is -2.36. The van der Waals surface area contributed by atoms with Crippen LogP contribution in [0.15, 0.2) is 22.6 Å². The zero-order chi connectivity index (χ0) is 9.90. The van der Waals surface area contributed by atoms with Crippen molar-refractivity contribution in [3.8, 4) is 0 Å². The van der Waals surface area contributed by atoms with Crippen LogP contribution in [0, 0.1) is 0 Å². The van der Waals surface area contributed by atoms with Gasteiger partial charge in [-0.2, -0.15) is 0 Å². The summed E-state index contributed by atoms with van der Waals surface area (Å²) in [5.41, 5.74) is 0. The molecule has 72 valence electrons. The predicted molar refractivity (Wildman–Crippen MR) is 57.8 cm³/mol. The van der Waals surface area contributed by atoms with Gasteiger partial charge in [-0.3, -0.25) is 0 Å². The highest BCUT2D eigenvalue weighted by Crippen LogP contribution is 2.07. The van der Waals surface area contributed by atoms with Gasteiger partial charge in [0.05, 0.1) is 12.0 Å². The van der Waals surface area contributed by atoms with Crippen LogP contribution in [-0.4, -0.2) is 19.8 Å². The Morgan fingerprint density at radius 3 is 2.54 bits per heavy atom. The second kappa shape index (κ2) is 3.94. The highest BCUT2D eigenvalue weighted by Gasteiger charge is 2.20. The molecular weight excluding hydrogens is 180 g/mol. The van der Waals surface area contributed by atoms with Crippen LogP contribution in [0.4, 0.5) is 0 Å². The van der Waals surface area contributed by atoms with Crippen molar-refractivity contribution in [3.05, 3.63) is 24.0 Å². The molecule has 0 saturated heterocycles. The average molecular weight is 196 g/mol. The molecule has 0 aromatic carbocycles. The molecule has 1 aromatic rings. The van der Waals surface area contributed by atoms with Crippen LogP contribution >= 0.6 is 0 Å². The van der Waals surface area contributed by atoms with E-state index in [0.717, 1.165) is 11.1 Å². The van der Waals surface area contributed by atoms with Crippen molar-refractivity contribution in [2.45, 2.75) is 19.6 Å². The monoisotopic (exact) mass is 196 g/mol. The van der Waals surface area contributed by atoms with E-state index < -0.39 is 8.07 Å². The average Bonchev–Trinajstić information content (AvgIpc) is 2.47. The summed E-state index contributed by atoms with van der Waals surface area (Å²) in [7, 11) is -1.31. The topological polar surface area (TPSA) is 33.4 Å². The minimum atomic E-state index is -1.31. The van der Waals surface area contributed by atoms with E-state index in [1.165, 1.54) is 0 Å². The number of hydrogen-bond acceptors (Lipinski definition) is 2. The summed E-state index contributed by atoms with van der Waals surface area (Å²) in [4.78, 5) is 0. The number of aliphatic hydroxyl groups is 1. The fraction of sp³-hybridized carbons (Fsp3) is 0.400. The third-order valence-electron chi connectivity index (χ3n) is 1.75. The molecule has 0 saturated carbocycles. The molecule has 0 radical (unpaired) electrons. The zero-order valence-corrected chi connectivity index (χ0v) is 9.37. The zero-order valence-electron chi connectivity index (χ0n) is 8.37. The molecule has 1 aromatic heterocycles. The molecule has 0 aliphatic carbocycles. The number of aliphatic hydroxyl groups excluding tert-OH is 1. The van der Waals surface area contributed by atoms with Gasteiger partial charge in [0.25, 0.3) is 0 Å². The molecule has 2 nitrogen and oxygen atoms in total. The van der Waals surface area contributed by atoms with Crippen molar-refractivity contribution in [2.75, 3.05) is 6.61 Å². The van der Waals surface area contributed by atoms with Gasteiger partial charge in [0.15, 0.2) is 0 Å². The van der Waals surface area contributed by atoms with E-state index in [4.69, 9.17) is 9.52 Å². The minimum Gasteiger partial charge on any atom is -0.467 e. The Morgan fingerprint density at radius 1 is 1.38 bits per heavy atom. The summed E-state index contributed by atoms with van der Waals surface area (Å²) >= 11 is 0. The van der Waals surface area contributed by atoms with Gasteiger partial charge in [-0.15, -0.1) is 0 Å². The second-order valence-corrected chi connectivity index (χ2v) is 9.03. The molecule has 0 spiro atoms. The smallest absolute Gasteiger partial charge is 0.126 e. The molecule has 0 amide bonds. The normalized spacial score (nSPS) is 12.6. The van der Waals surface area contributed by atoms with E-state index in [2.05, 4.69) is 19.6 Å². The van der Waals surface area contributed by atoms with Crippen molar-refractivity contribution in [2.24, 2.45) is 0 Å². The fourth-order valence-electron chi connectivity index (χ4n) is 1.01. The maximum Gasteiger partial charge on any atom is 0.126 e. The maximum atomic E-state index is 8.57. The van der Waals surface area contributed by atoms with Gasteiger partial charge < -0.3 is 9.52 Å². The molecule has 0 aliphatic heterocycles. The van der Waals surface area contributed by atoms with Crippen LogP contribution in [-0.2, 0) is 0 Å². The fourth-order valence-corrected chi connectivity index (χ4v) is 2.02. The van der Waals surface area contributed by atoms with E-state index in [1.54, 1.807) is 12.2 Å². The Hall–Kier alpha value is -0.803. The summed E-state index contributed by atoms with van der Waals surface area (Å²) in [6.07, 6.45) is 3.47. The lowest BCUT2D eigenvalue weighted by atomic mass is 10.4. The van der Waals surface area contributed by atoms with Gasteiger partial charge in [0.2, 0.25) is 0 Å². The first-order valence-electron chi connectivity index (χ1n) is 4.42. The maximum absolute atomic E-state index is 8.57. The summed E-state index contributed by atoms with van der Waals surface area (Å²) < 4.78 is 5.61. The van der Waals surface area contributed by atoms with Crippen molar-refractivity contribution < 1.29 is 9.52 Å². The third-order valence-corrected chi connectivity index (χ3v) is 3.50. The summed E-state index contributed by atoms with van der Waals surface area (Å²) in [5.74, 6) is 0.825. The Kier molecular flexibility index (Phi) is 3.11. The summed E-state index contributed by atoms with van der Waals surface area (Å²) in [5, 5.41) is 9.68. The Balaban J connectivity index is 2.81. The second-order valence-electron chi connectivity index (χ2n) is 4.04. The largest absolute Gasteiger partial charge is 0.467 e. The molecule has 0 fully saturated rings. The van der Waals surface area contributed by atoms with Crippen molar-refractivity contribution in [1.29, 1.82) is 0 Å². The molecule has 0 bridgehead atoms. The van der Waals surface area contributed by atoms with E-state index in [-0.39, 0.29) is 6.61 Å². The van der Waals surface area contributed by atoms with Crippen LogP contribution in [0.25, 0.3) is 6.08 Å². The number of rotatable bonds is 3. The van der Waals surface area contributed by atoms with Gasteiger partial charge in [-0.05, 0) is 18.2 Å². The standard InChI is InChI=1S/C10H16O2Si/c1-13(2,3)10-7-6-9(12-10)5-4-8-11/h4-7,11H,8H2,1-3H3/b5-4+. The number of hydrogen-bond donors (Lipinski definition) is 1. The lowest BCUT2D eigenvalue weighted by molar-refractivity contribution is 0.343. The third kappa shape index (κ3) is 2.86. The first-order valence-corrected chi connectivity index (χ1v) is 7.92. The molecule has 3 heteroatoms. The van der Waals surface area contributed by atoms with Crippen molar-refractivity contribution >= 4 is 19.5 Å². The van der Waals surface area contributed by atoms with Crippen LogP contribution in [0.1, 0.15) is 5.76 Å². The minimum absolute atomic E-state index is 0.0585. The Labute approximate surface area is 79.9 Å². The van der Waals surface area contributed by atoms with Gasteiger partial charge in [-0.25, -0.2) is 0 Å². The van der Waals surface area contributed by atoms with Crippen LogP contribution in [0.2, 0.25) is 19.6 Å². The first-order chi connectivity index (χ1) is 6.04. The van der Waals surface area contributed by atoms with E-state index in [0.29, 0.717) is 0 Å². The van der Waals surface area contributed by atoms with Crippen LogP contribution in [0.5, 0.6) is 0 Å². The van der Waals surface area contributed by atoms with Crippen LogP contribution < -0.4 is 5.38 Å². The molecule has 1 rings (SSSR count). The van der Waals surface area contributed by atoms with Crippen molar-refractivity contribution in [3.63, 3.8) is 0 Å². The Morgan fingerprint density at radius 2 is 2.08 bits per heavy atom. The quantitative estimate of drug-likeness (QED) is 0.748. The van der Waals surface area contributed by atoms with Gasteiger partial charge in [0.1, 0.15) is 13.8 Å². The summed E-state index contributed by atoms with van der Waals surface area (Å²) in [6, 6.07) is 3.98. The predicted octanol–water partition coefficient (Wildman–Crippen LogP) is 1.83. The Bertz CT molecular complexity index is 294.